The Labute approximate surface area is 213 Å². The van der Waals surface area contributed by atoms with Crippen LogP contribution in [0.4, 0.5) is 11.6 Å². The van der Waals surface area contributed by atoms with Crippen molar-refractivity contribution in [3.8, 4) is 23.0 Å². The van der Waals surface area contributed by atoms with Crippen LogP contribution < -0.4 is 21.3 Å². The molecule has 1 atom stereocenters. The summed E-state index contributed by atoms with van der Waals surface area (Å²) in [6.45, 7) is 6.90. The van der Waals surface area contributed by atoms with Crippen molar-refractivity contribution in [3.05, 3.63) is 36.0 Å². The highest BCUT2D eigenvalue weighted by molar-refractivity contribution is 7.80. The Morgan fingerprint density at radius 3 is 2.57 bits per heavy atom. The molecule has 2 aliphatic rings. The van der Waals surface area contributed by atoms with E-state index < -0.39 is 0 Å². The van der Waals surface area contributed by atoms with Gasteiger partial charge in [0.15, 0.2) is 11.5 Å². The van der Waals surface area contributed by atoms with Gasteiger partial charge in [-0.15, -0.1) is 10.2 Å². The van der Waals surface area contributed by atoms with Crippen LogP contribution in [0.1, 0.15) is 28.2 Å². The summed E-state index contributed by atoms with van der Waals surface area (Å²) >= 11 is 3.79. The largest absolute Gasteiger partial charge is 0.414 e. The van der Waals surface area contributed by atoms with Crippen molar-refractivity contribution in [2.75, 3.05) is 49.6 Å². The minimum absolute atomic E-state index is 0. The number of anilines is 2. The van der Waals surface area contributed by atoms with Crippen LogP contribution in [0.2, 0.25) is 0 Å². The number of nitrogens with zero attached hydrogens (tertiary/aromatic N) is 5. The number of hydrogen-bond acceptors (Lipinski definition) is 10. The van der Waals surface area contributed by atoms with Gasteiger partial charge in [0, 0.05) is 40.0 Å². The van der Waals surface area contributed by atoms with Gasteiger partial charge in [0.05, 0.1) is 6.20 Å². The second-order valence-electron chi connectivity index (χ2n) is 8.52. The minimum atomic E-state index is 0. The molecule has 1 aromatic carbocycles. The van der Waals surface area contributed by atoms with E-state index in [0.717, 1.165) is 56.3 Å². The highest BCUT2D eigenvalue weighted by Crippen LogP contribution is 2.38. The van der Waals surface area contributed by atoms with Gasteiger partial charge in [0.2, 0.25) is 5.89 Å². The Morgan fingerprint density at radius 1 is 1.20 bits per heavy atom. The number of benzene rings is 1. The van der Waals surface area contributed by atoms with Crippen LogP contribution in [-0.2, 0) is 6.54 Å². The lowest BCUT2D eigenvalue weighted by Crippen LogP contribution is -2.29. The van der Waals surface area contributed by atoms with Crippen LogP contribution in [0.3, 0.4) is 0 Å². The molecule has 2 fully saturated rings. The molecular formula is C23H40N8O3S. The van der Waals surface area contributed by atoms with Crippen LogP contribution in [0.15, 0.2) is 34.9 Å². The van der Waals surface area contributed by atoms with Gasteiger partial charge in [-0.1, -0.05) is 19.1 Å². The van der Waals surface area contributed by atoms with Crippen molar-refractivity contribution >= 4 is 24.3 Å². The average Bonchev–Trinajstić information content (AvgIpc) is 3.58. The van der Waals surface area contributed by atoms with Crippen molar-refractivity contribution in [1.82, 2.24) is 30.8 Å². The smallest absolute Gasteiger partial charge is 0.270 e. The Bertz CT molecular complexity index is 1070. The predicted octanol–water partition coefficient (Wildman–Crippen LogP) is 1.46. The second-order valence-corrected chi connectivity index (χ2v) is 9.15. The molecule has 12 heteroatoms. The van der Waals surface area contributed by atoms with E-state index in [9.17, 15) is 0 Å². The summed E-state index contributed by atoms with van der Waals surface area (Å²) in [5, 5.41) is 15.0. The van der Waals surface area contributed by atoms with E-state index in [-0.39, 0.29) is 25.5 Å². The maximum absolute atomic E-state index is 6.10. The molecule has 2 saturated heterocycles. The van der Waals surface area contributed by atoms with Gasteiger partial charge >= 0.3 is 0 Å². The molecule has 5 rings (SSSR count). The van der Waals surface area contributed by atoms with Gasteiger partial charge in [-0.05, 0) is 49.9 Å². The Balaban J connectivity index is 0.00000177. The lowest BCUT2D eigenvalue weighted by molar-refractivity contribution is 0.369. The number of nitrogen functional groups attached to an aromatic ring is 1. The molecule has 1 unspecified atom stereocenters. The Kier molecular flexibility index (Phi) is 10.4. The van der Waals surface area contributed by atoms with Gasteiger partial charge in [-0.2, -0.15) is 12.6 Å². The molecule has 196 valence electrons. The molecule has 0 radical (unpaired) electrons. The van der Waals surface area contributed by atoms with Gasteiger partial charge in [0.1, 0.15) is 5.82 Å². The van der Waals surface area contributed by atoms with E-state index in [1.807, 2.05) is 38.2 Å². The second kappa shape index (κ2) is 12.8. The minimum Gasteiger partial charge on any atom is -0.414 e. The highest BCUT2D eigenvalue weighted by atomic mass is 32.1. The third-order valence-corrected chi connectivity index (χ3v) is 6.09. The van der Waals surface area contributed by atoms with Crippen LogP contribution in [0.5, 0.6) is 0 Å². The van der Waals surface area contributed by atoms with E-state index in [2.05, 4.69) is 43.3 Å². The number of thiol groups is 1. The third kappa shape index (κ3) is 6.47. The van der Waals surface area contributed by atoms with E-state index in [1.54, 1.807) is 6.20 Å². The quantitative estimate of drug-likeness (QED) is 0.371. The van der Waals surface area contributed by atoms with E-state index in [1.165, 1.54) is 12.0 Å². The maximum atomic E-state index is 6.10. The van der Waals surface area contributed by atoms with Gasteiger partial charge in [-0.3, -0.25) is 0 Å². The first-order chi connectivity index (χ1) is 16.1. The molecule has 2 aliphatic heterocycles. The molecule has 0 bridgehead atoms. The summed E-state index contributed by atoms with van der Waals surface area (Å²) in [4.78, 5) is 11.4. The van der Waals surface area contributed by atoms with Crippen molar-refractivity contribution in [1.29, 1.82) is 0 Å². The fourth-order valence-electron chi connectivity index (χ4n) is 4.38. The fourth-order valence-corrected chi connectivity index (χ4v) is 4.38. The van der Waals surface area contributed by atoms with Crippen LogP contribution >= 0.6 is 12.6 Å². The first-order valence-electron chi connectivity index (χ1n) is 11.3. The molecule has 4 heterocycles. The average molecular weight is 509 g/mol. The normalized spacial score (nSPS) is 18.5. The summed E-state index contributed by atoms with van der Waals surface area (Å²) in [5.41, 5.74) is 8.92. The zero-order chi connectivity index (χ0) is 23.3. The Morgan fingerprint density at radius 2 is 1.91 bits per heavy atom. The number of rotatable bonds is 5. The summed E-state index contributed by atoms with van der Waals surface area (Å²) < 4.78 is 5.90. The van der Waals surface area contributed by atoms with Crippen molar-refractivity contribution in [2.45, 2.75) is 26.3 Å². The number of nitrogens with one attached hydrogen (secondary N) is 2. The number of nitrogens with two attached hydrogens (primary N) is 1. The molecule has 0 saturated carbocycles. The topological polar surface area (TPSA) is 181 Å². The monoisotopic (exact) mass is 508 g/mol. The van der Waals surface area contributed by atoms with Gasteiger partial charge in [-0.25, -0.2) is 9.97 Å². The van der Waals surface area contributed by atoms with E-state index in [0.29, 0.717) is 17.0 Å². The number of hydrogen-bond donors (Lipinski definition) is 4. The maximum Gasteiger partial charge on any atom is 0.270 e. The van der Waals surface area contributed by atoms with Gasteiger partial charge in [0.25, 0.3) is 5.89 Å². The molecule has 0 amide bonds. The molecule has 11 nitrogen and oxygen atoms in total. The predicted molar refractivity (Wildman–Crippen MR) is 146 cm³/mol. The Hall–Kier alpha value is -2.77. The molecule has 0 aliphatic carbocycles. The lowest BCUT2D eigenvalue weighted by atomic mass is 9.87. The summed E-state index contributed by atoms with van der Waals surface area (Å²) in [7, 11) is 1.92. The number of aromatic nitrogens is 4. The van der Waals surface area contributed by atoms with Crippen molar-refractivity contribution < 1.29 is 18.2 Å². The first kappa shape index (κ1) is 28.5. The molecule has 8 N–H and O–H groups in total. The van der Waals surface area contributed by atoms with Crippen molar-refractivity contribution in [3.63, 3.8) is 0 Å². The third-order valence-electron chi connectivity index (χ3n) is 6.09. The zero-order valence-corrected chi connectivity index (χ0v) is 21.1. The lowest BCUT2D eigenvalue weighted by Gasteiger charge is -2.23. The van der Waals surface area contributed by atoms with Crippen LogP contribution in [0, 0.1) is 5.41 Å². The van der Waals surface area contributed by atoms with E-state index in [4.69, 9.17) is 15.1 Å². The SMILES string of the molecule is CCS.CNCc1ccc(-c2nnc(-c3nc(N4CCC5(CCNC5)C4)cnc3N)o2)cc1.O.O.[HH].[HH]. The summed E-state index contributed by atoms with van der Waals surface area (Å²) in [6.07, 6.45) is 4.10. The van der Waals surface area contributed by atoms with Gasteiger partial charge < -0.3 is 36.6 Å². The fraction of sp³-hybridized carbons (Fsp3) is 0.478. The molecule has 2 aromatic heterocycles. The van der Waals surface area contributed by atoms with Crippen molar-refractivity contribution in [2.24, 2.45) is 5.41 Å². The van der Waals surface area contributed by atoms with Crippen LogP contribution in [-0.4, -0.2) is 70.1 Å². The van der Waals surface area contributed by atoms with E-state index >= 15 is 0 Å². The molecular weight excluding hydrogens is 468 g/mol. The summed E-state index contributed by atoms with van der Waals surface area (Å²) in [5.74, 6) is 2.76. The zero-order valence-electron chi connectivity index (χ0n) is 20.2. The highest BCUT2D eigenvalue weighted by Gasteiger charge is 2.41. The standard InChI is InChI=1S/C21H26N8O.C2H6S.2H2O.2H2/c1-23-10-14-2-4-15(5-3-14)19-27-28-20(30-19)17-18(22)25-11-16(26-17)29-9-7-21(13-29)6-8-24-12-21;1-2-3;;;;/h2-5,11,23-24H,6-10,12-13H2,1H3,(H2,22,25);3H,2H2,1H3;2*1H2;2*1H. The van der Waals surface area contributed by atoms with Crippen LogP contribution in [0.25, 0.3) is 23.0 Å². The first-order valence-corrected chi connectivity index (χ1v) is 12.0. The molecule has 35 heavy (non-hydrogen) atoms. The molecule has 3 aromatic rings. The summed E-state index contributed by atoms with van der Waals surface area (Å²) in [6, 6.07) is 8.00. The molecule has 1 spiro atoms.